The normalized spacial score (nSPS) is 10.6. The molecule has 3 rings (SSSR count). The molecule has 0 radical (unpaired) electrons. The largest absolute Gasteiger partial charge is 0.497 e. The SMILES string of the molecule is COc1cccc(CN(C)C(=O)COc2cccc3ccc(C)nc23)c1. The highest BCUT2D eigenvalue weighted by molar-refractivity contribution is 5.85. The maximum atomic E-state index is 12.4. The Hall–Kier alpha value is -3.08. The molecule has 0 saturated heterocycles. The summed E-state index contributed by atoms with van der Waals surface area (Å²) in [5.41, 5.74) is 2.69. The number of para-hydroxylation sites is 1. The molecule has 2 aromatic carbocycles. The summed E-state index contributed by atoms with van der Waals surface area (Å²) in [4.78, 5) is 18.6. The lowest BCUT2D eigenvalue weighted by Gasteiger charge is -2.18. The predicted molar refractivity (Wildman–Crippen MR) is 101 cm³/mol. The minimum Gasteiger partial charge on any atom is -0.497 e. The Morgan fingerprint density at radius 2 is 1.92 bits per heavy atom. The maximum Gasteiger partial charge on any atom is 0.260 e. The van der Waals surface area contributed by atoms with E-state index < -0.39 is 0 Å². The van der Waals surface area contributed by atoms with Gasteiger partial charge in [-0.25, -0.2) is 4.98 Å². The van der Waals surface area contributed by atoms with Crippen LogP contribution in [0.3, 0.4) is 0 Å². The Morgan fingerprint density at radius 1 is 1.12 bits per heavy atom. The van der Waals surface area contributed by atoms with Crippen molar-refractivity contribution in [1.29, 1.82) is 0 Å². The Kier molecular flexibility index (Phi) is 5.37. The fourth-order valence-electron chi connectivity index (χ4n) is 2.72. The van der Waals surface area contributed by atoms with Crippen LogP contribution in [0.2, 0.25) is 0 Å². The molecular weight excluding hydrogens is 328 g/mol. The second-order valence-electron chi connectivity index (χ2n) is 6.17. The topological polar surface area (TPSA) is 51.7 Å². The van der Waals surface area contributed by atoms with Crippen molar-refractivity contribution in [3.63, 3.8) is 0 Å². The number of amides is 1. The first-order valence-electron chi connectivity index (χ1n) is 8.43. The summed E-state index contributed by atoms with van der Waals surface area (Å²) in [6.07, 6.45) is 0. The molecule has 0 atom stereocenters. The van der Waals surface area contributed by atoms with Crippen LogP contribution in [0, 0.1) is 6.92 Å². The molecule has 3 aromatic rings. The van der Waals surface area contributed by atoms with Crippen LogP contribution in [0.25, 0.3) is 10.9 Å². The van der Waals surface area contributed by atoms with E-state index in [1.807, 2.05) is 61.5 Å². The molecule has 1 heterocycles. The van der Waals surface area contributed by atoms with Crippen LogP contribution in [0.1, 0.15) is 11.3 Å². The zero-order valence-electron chi connectivity index (χ0n) is 15.2. The van der Waals surface area contributed by atoms with Crippen LogP contribution in [-0.4, -0.2) is 36.6 Å². The molecule has 0 N–H and O–H groups in total. The molecule has 1 aromatic heterocycles. The molecule has 26 heavy (non-hydrogen) atoms. The lowest BCUT2D eigenvalue weighted by atomic mass is 10.2. The van der Waals surface area contributed by atoms with Gasteiger partial charge in [0.2, 0.25) is 0 Å². The van der Waals surface area contributed by atoms with Crippen LogP contribution >= 0.6 is 0 Å². The number of likely N-dealkylation sites (N-methyl/N-ethyl adjacent to an activating group) is 1. The summed E-state index contributed by atoms with van der Waals surface area (Å²) in [6.45, 7) is 2.39. The van der Waals surface area contributed by atoms with Crippen molar-refractivity contribution in [2.24, 2.45) is 0 Å². The average Bonchev–Trinajstić information content (AvgIpc) is 2.66. The summed E-state index contributed by atoms with van der Waals surface area (Å²) >= 11 is 0. The number of aryl methyl sites for hydroxylation is 1. The van der Waals surface area contributed by atoms with Crippen molar-refractivity contribution in [3.8, 4) is 11.5 Å². The van der Waals surface area contributed by atoms with E-state index in [4.69, 9.17) is 9.47 Å². The van der Waals surface area contributed by atoms with E-state index in [-0.39, 0.29) is 12.5 Å². The van der Waals surface area contributed by atoms with Crippen LogP contribution in [0.5, 0.6) is 11.5 Å². The fourth-order valence-corrected chi connectivity index (χ4v) is 2.72. The Morgan fingerprint density at radius 3 is 2.73 bits per heavy atom. The molecule has 0 fully saturated rings. The maximum absolute atomic E-state index is 12.4. The number of fused-ring (bicyclic) bond motifs is 1. The lowest BCUT2D eigenvalue weighted by Crippen LogP contribution is -2.31. The molecule has 5 nitrogen and oxygen atoms in total. The van der Waals surface area contributed by atoms with Gasteiger partial charge in [0.15, 0.2) is 6.61 Å². The second kappa shape index (κ2) is 7.87. The molecule has 0 spiro atoms. The lowest BCUT2D eigenvalue weighted by molar-refractivity contribution is -0.132. The molecule has 0 aliphatic carbocycles. The quantitative estimate of drug-likeness (QED) is 0.682. The van der Waals surface area contributed by atoms with E-state index in [9.17, 15) is 4.79 Å². The summed E-state index contributed by atoms with van der Waals surface area (Å²) in [5, 5.41) is 0.991. The molecule has 0 aliphatic heterocycles. The van der Waals surface area contributed by atoms with Gasteiger partial charge in [-0.2, -0.15) is 0 Å². The highest BCUT2D eigenvalue weighted by atomic mass is 16.5. The zero-order valence-corrected chi connectivity index (χ0v) is 15.2. The molecular formula is C21H22N2O3. The molecule has 5 heteroatoms. The number of benzene rings is 2. The van der Waals surface area contributed by atoms with E-state index in [0.717, 1.165) is 27.9 Å². The summed E-state index contributed by atoms with van der Waals surface area (Å²) in [6, 6.07) is 17.3. The van der Waals surface area contributed by atoms with Crippen molar-refractivity contribution >= 4 is 16.8 Å². The van der Waals surface area contributed by atoms with Crippen molar-refractivity contribution in [1.82, 2.24) is 9.88 Å². The molecule has 0 bridgehead atoms. The van der Waals surface area contributed by atoms with Crippen LogP contribution < -0.4 is 9.47 Å². The molecule has 0 unspecified atom stereocenters. The number of ether oxygens (including phenoxy) is 2. The average molecular weight is 350 g/mol. The first kappa shape index (κ1) is 17.7. The van der Waals surface area contributed by atoms with Crippen molar-refractivity contribution in [2.75, 3.05) is 20.8 Å². The molecule has 0 aliphatic rings. The monoisotopic (exact) mass is 350 g/mol. The number of hydrogen-bond acceptors (Lipinski definition) is 4. The zero-order chi connectivity index (χ0) is 18.5. The van der Waals surface area contributed by atoms with Gasteiger partial charge in [-0.15, -0.1) is 0 Å². The van der Waals surface area contributed by atoms with E-state index in [1.165, 1.54) is 0 Å². The standard InChI is InChI=1S/C21H22N2O3/c1-15-10-11-17-7-5-9-19(21(17)22-15)26-14-20(24)23(2)13-16-6-4-8-18(12-16)25-3/h4-12H,13-14H2,1-3H3. The van der Waals surface area contributed by atoms with Gasteiger partial charge >= 0.3 is 0 Å². The number of rotatable bonds is 6. The number of methoxy groups -OCH3 is 1. The van der Waals surface area contributed by atoms with Crippen molar-refractivity contribution in [3.05, 3.63) is 65.9 Å². The number of pyridine rings is 1. The predicted octanol–water partition coefficient (Wildman–Crippen LogP) is 3.59. The van der Waals surface area contributed by atoms with Gasteiger partial charge in [0.1, 0.15) is 17.0 Å². The fraction of sp³-hybridized carbons (Fsp3) is 0.238. The number of carbonyl (C=O) groups excluding carboxylic acids is 1. The molecule has 1 amide bonds. The van der Waals surface area contributed by atoms with Crippen LogP contribution in [-0.2, 0) is 11.3 Å². The highest BCUT2D eigenvalue weighted by Gasteiger charge is 2.12. The van der Waals surface area contributed by atoms with Gasteiger partial charge in [-0.3, -0.25) is 4.79 Å². The van der Waals surface area contributed by atoms with Crippen molar-refractivity contribution in [2.45, 2.75) is 13.5 Å². The van der Waals surface area contributed by atoms with Crippen LogP contribution in [0.15, 0.2) is 54.6 Å². The Labute approximate surface area is 153 Å². The smallest absolute Gasteiger partial charge is 0.260 e. The van der Waals surface area contributed by atoms with Gasteiger partial charge in [-0.1, -0.05) is 30.3 Å². The summed E-state index contributed by atoms with van der Waals surface area (Å²) in [7, 11) is 3.39. The van der Waals surface area contributed by atoms with E-state index in [2.05, 4.69) is 4.98 Å². The molecule has 0 saturated carbocycles. The highest BCUT2D eigenvalue weighted by Crippen LogP contribution is 2.24. The third kappa shape index (κ3) is 4.11. The minimum absolute atomic E-state index is 0.0325. The first-order valence-corrected chi connectivity index (χ1v) is 8.43. The Bertz CT molecular complexity index is 924. The minimum atomic E-state index is -0.0996. The third-order valence-electron chi connectivity index (χ3n) is 4.15. The van der Waals surface area contributed by atoms with Crippen LogP contribution in [0.4, 0.5) is 0 Å². The summed E-state index contributed by atoms with van der Waals surface area (Å²) < 4.78 is 11.0. The van der Waals surface area contributed by atoms with E-state index >= 15 is 0 Å². The van der Waals surface area contributed by atoms with Gasteiger partial charge in [0.25, 0.3) is 5.91 Å². The van der Waals surface area contributed by atoms with E-state index in [1.54, 1.807) is 19.1 Å². The van der Waals surface area contributed by atoms with Gasteiger partial charge in [0.05, 0.1) is 7.11 Å². The Balaban J connectivity index is 1.66. The van der Waals surface area contributed by atoms with Gasteiger partial charge in [0, 0.05) is 24.7 Å². The number of carbonyl (C=O) groups is 1. The third-order valence-corrected chi connectivity index (χ3v) is 4.15. The van der Waals surface area contributed by atoms with Gasteiger partial charge in [-0.05, 0) is 36.8 Å². The molecule has 134 valence electrons. The second-order valence-corrected chi connectivity index (χ2v) is 6.17. The van der Waals surface area contributed by atoms with Crippen molar-refractivity contribution < 1.29 is 14.3 Å². The first-order chi connectivity index (χ1) is 12.6. The number of nitrogens with zero attached hydrogens (tertiary/aromatic N) is 2. The number of aromatic nitrogens is 1. The summed E-state index contributed by atoms with van der Waals surface area (Å²) in [5.74, 6) is 1.30. The number of hydrogen-bond donors (Lipinski definition) is 0. The van der Waals surface area contributed by atoms with E-state index in [0.29, 0.717) is 12.3 Å². The van der Waals surface area contributed by atoms with Gasteiger partial charge < -0.3 is 14.4 Å².